The molecular formula is C9H19N5. The monoisotopic (exact) mass is 197 g/mol. The van der Waals surface area contributed by atoms with Crippen LogP contribution in [0.4, 0.5) is 0 Å². The molecule has 2 unspecified atom stereocenters. The maximum atomic E-state index is 4.18. The van der Waals surface area contributed by atoms with E-state index in [0.29, 0.717) is 12.0 Å². The van der Waals surface area contributed by atoms with E-state index < -0.39 is 0 Å². The first-order valence-electron chi connectivity index (χ1n) is 5.07. The Morgan fingerprint density at radius 3 is 2.64 bits per heavy atom. The highest BCUT2D eigenvalue weighted by Crippen LogP contribution is 2.12. The van der Waals surface area contributed by atoms with Crippen molar-refractivity contribution in [2.24, 2.45) is 13.0 Å². The van der Waals surface area contributed by atoms with Crippen LogP contribution in [0, 0.1) is 5.92 Å². The maximum Gasteiger partial charge on any atom is 0.175 e. The van der Waals surface area contributed by atoms with Crippen molar-refractivity contribution < 1.29 is 0 Å². The fraction of sp³-hybridized carbons (Fsp3) is 0.889. The largest absolute Gasteiger partial charge is 0.317 e. The van der Waals surface area contributed by atoms with Crippen molar-refractivity contribution in [2.75, 3.05) is 7.05 Å². The summed E-state index contributed by atoms with van der Waals surface area (Å²) in [4.78, 5) is 1.51. The SMILES string of the molecule is CCC(Cc1nnn(C)n1)C(C)NC. The fourth-order valence-electron chi connectivity index (χ4n) is 1.55. The van der Waals surface area contributed by atoms with Crippen LogP contribution in [-0.2, 0) is 13.5 Å². The van der Waals surface area contributed by atoms with E-state index in [1.165, 1.54) is 4.80 Å². The molecule has 14 heavy (non-hydrogen) atoms. The molecule has 1 heterocycles. The minimum atomic E-state index is 0.490. The van der Waals surface area contributed by atoms with Gasteiger partial charge in [-0.3, -0.25) is 0 Å². The molecule has 0 bridgehead atoms. The molecule has 0 aliphatic rings. The smallest absolute Gasteiger partial charge is 0.175 e. The van der Waals surface area contributed by atoms with Crippen molar-refractivity contribution in [1.29, 1.82) is 0 Å². The summed E-state index contributed by atoms with van der Waals surface area (Å²) >= 11 is 0. The third-order valence-electron chi connectivity index (χ3n) is 2.68. The van der Waals surface area contributed by atoms with Gasteiger partial charge in [-0.15, -0.1) is 10.2 Å². The Labute approximate surface area is 84.9 Å². The molecular weight excluding hydrogens is 178 g/mol. The lowest BCUT2D eigenvalue weighted by molar-refractivity contribution is 0.374. The van der Waals surface area contributed by atoms with Gasteiger partial charge in [0.05, 0.1) is 7.05 Å². The lowest BCUT2D eigenvalue weighted by atomic mass is 9.94. The molecule has 0 amide bonds. The molecule has 0 saturated carbocycles. The van der Waals surface area contributed by atoms with E-state index >= 15 is 0 Å². The highest BCUT2D eigenvalue weighted by molar-refractivity contribution is 4.84. The van der Waals surface area contributed by atoms with Crippen LogP contribution in [0.15, 0.2) is 0 Å². The summed E-state index contributed by atoms with van der Waals surface area (Å²) in [7, 11) is 3.77. The molecule has 1 aromatic heterocycles. The molecule has 5 nitrogen and oxygen atoms in total. The van der Waals surface area contributed by atoms with E-state index in [0.717, 1.165) is 18.7 Å². The summed E-state index contributed by atoms with van der Waals surface area (Å²) in [5.41, 5.74) is 0. The number of tetrazole rings is 1. The predicted octanol–water partition coefficient (Wildman–Crippen LogP) is 0.387. The zero-order chi connectivity index (χ0) is 10.6. The first kappa shape index (κ1) is 11.1. The van der Waals surface area contributed by atoms with E-state index in [1.54, 1.807) is 7.05 Å². The van der Waals surface area contributed by atoms with Crippen molar-refractivity contribution >= 4 is 0 Å². The number of hydrogen-bond acceptors (Lipinski definition) is 4. The van der Waals surface area contributed by atoms with Gasteiger partial charge in [0.25, 0.3) is 0 Å². The molecule has 1 aromatic rings. The zero-order valence-corrected chi connectivity index (χ0v) is 9.36. The van der Waals surface area contributed by atoms with Crippen molar-refractivity contribution in [2.45, 2.75) is 32.7 Å². The van der Waals surface area contributed by atoms with E-state index in [4.69, 9.17) is 0 Å². The summed E-state index contributed by atoms with van der Waals surface area (Å²) < 4.78 is 0. The molecule has 1 N–H and O–H groups in total. The van der Waals surface area contributed by atoms with Crippen LogP contribution in [0.1, 0.15) is 26.1 Å². The van der Waals surface area contributed by atoms with Gasteiger partial charge >= 0.3 is 0 Å². The molecule has 0 saturated heterocycles. The average Bonchev–Trinajstić information content (AvgIpc) is 2.59. The molecule has 0 aromatic carbocycles. The molecule has 0 aliphatic heterocycles. The molecule has 2 atom stereocenters. The molecule has 0 radical (unpaired) electrons. The van der Waals surface area contributed by atoms with Crippen LogP contribution < -0.4 is 5.32 Å². The highest BCUT2D eigenvalue weighted by atomic mass is 15.6. The molecule has 80 valence electrons. The second-order valence-electron chi connectivity index (χ2n) is 3.64. The van der Waals surface area contributed by atoms with Gasteiger partial charge in [-0.2, -0.15) is 4.80 Å². The Kier molecular flexibility index (Phi) is 4.00. The van der Waals surface area contributed by atoms with Crippen molar-refractivity contribution in [1.82, 2.24) is 25.5 Å². The van der Waals surface area contributed by atoms with E-state index in [9.17, 15) is 0 Å². The lowest BCUT2D eigenvalue weighted by Gasteiger charge is -2.20. The summed E-state index contributed by atoms with van der Waals surface area (Å²) in [6.45, 7) is 4.37. The van der Waals surface area contributed by atoms with Crippen molar-refractivity contribution in [3.8, 4) is 0 Å². The summed E-state index contributed by atoms with van der Waals surface area (Å²) in [6, 6.07) is 0.490. The second-order valence-corrected chi connectivity index (χ2v) is 3.64. The predicted molar refractivity (Wildman–Crippen MR) is 54.8 cm³/mol. The summed E-state index contributed by atoms with van der Waals surface area (Å²) in [5, 5.41) is 15.3. The minimum Gasteiger partial charge on any atom is -0.317 e. The van der Waals surface area contributed by atoms with Crippen LogP contribution in [0.5, 0.6) is 0 Å². The molecule has 0 fully saturated rings. The Morgan fingerprint density at radius 1 is 1.50 bits per heavy atom. The van der Waals surface area contributed by atoms with Crippen molar-refractivity contribution in [3.05, 3.63) is 5.82 Å². The van der Waals surface area contributed by atoms with Gasteiger partial charge in [0.2, 0.25) is 0 Å². The van der Waals surface area contributed by atoms with Crippen LogP contribution in [-0.4, -0.2) is 33.3 Å². The summed E-state index contributed by atoms with van der Waals surface area (Å²) in [6.07, 6.45) is 2.02. The lowest BCUT2D eigenvalue weighted by Crippen LogP contribution is -2.31. The fourth-order valence-corrected chi connectivity index (χ4v) is 1.55. The van der Waals surface area contributed by atoms with Gasteiger partial charge in [0, 0.05) is 12.5 Å². The first-order chi connectivity index (χ1) is 6.67. The van der Waals surface area contributed by atoms with E-state index in [1.807, 2.05) is 7.05 Å². The van der Waals surface area contributed by atoms with Gasteiger partial charge in [-0.25, -0.2) is 0 Å². The molecule has 5 heteroatoms. The Balaban J connectivity index is 2.56. The Morgan fingerprint density at radius 2 is 2.21 bits per heavy atom. The van der Waals surface area contributed by atoms with Crippen LogP contribution >= 0.6 is 0 Å². The average molecular weight is 197 g/mol. The van der Waals surface area contributed by atoms with E-state index in [-0.39, 0.29) is 0 Å². The maximum absolute atomic E-state index is 4.18. The third-order valence-corrected chi connectivity index (χ3v) is 2.68. The number of rotatable bonds is 5. The van der Waals surface area contributed by atoms with Gasteiger partial charge in [0.15, 0.2) is 5.82 Å². The topological polar surface area (TPSA) is 55.6 Å². The number of aromatic nitrogens is 4. The highest BCUT2D eigenvalue weighted by Gasteiger charge is 2.16. The standard InChI is InChI=1S/C9H19N5/c1-5-8(7(2)10-3)6-9-11-13-14(4)12-9/h7-8,10H,5-6H2,1-4H3. The Bertz CT molecular complexity index is 270. The van der Waals surface area contributed by atoms with Crippen LogP contribution in [0.3, 0.4) is 0 Å². The van der Waals surface area contributed by atoms with Crippen LogP contribution in [0.25, 0.3) is 0 Å². The number of aryl methyl sites for hydroxylation is 1. The molecule has 0 spiro atoms. The van der Waals surface area contributed by atoms with Gasteiger partial charge < -0.3 is 5.32 Å². The minimum absolute atomic E-state index is 0.490. The quantitative estimate of drug-likeness (QED) is 0.741. The number of hydrogen-bond donors (Lipinski definition) is 1. The zero-order valence-electron chi connectivity index (χ0n) is 9.36. The first-order valence-corrected chi connectivity index (χ1v) is 5.07. The Hall–Kier alpha value is -0.970. The van der Waals surface area contributed by atoms with Crippen molar-refractivity contribution in [3.63, 3.8) is 0 Å². The third kappa shape index (κ3) is 2.77. The second kappa shape index (κ2) is 5.05. The number of nitrogens with one attached hydrogen (secondary N) is 1. The summed E-state index contributed by atoms with van der Waals surface area (Å²) in [5.74, 6) is 1.41. The van der Waals surface area contributed by atoms with Gasteiger partial charge in [-0.1, -0.05) is 13.3 Å². The normalized spacial score (nSPS) is 15.4. The van der Waals surface area contributed by atoms with Gasteiger partial charge in [0.1, 0.15) is 0 Å². The van der Waals surface area contributed by atoms with Gasteiger partial charge in [-0.05, 0) is 25.1 Å². The molecule has 1 rings (SSSR count). The van der Waals surface area contributed by atoms with Crippen LogP contribution in [0.2, 0.25) is 0 Å². The van der Waals surface area contributed by atoms with E-state index in [2.05, 4.69) is 34.6 Å². The number of nitrogens with zero attached hydrogens (tertiary/aromatic N) is 4. The molecule has 0 aliphatic carbocycles.